The van der Waals surface area contributed by atoms with E-state index in [1.54, 1.807) is 6.26 Å². The summed E-state index contributed by atoms with van der Waals surface area (Å²) in [6, 6.07) is 11.6. The molecule has 0 saturated carbocycles. The number of halogens is 1. The van der Waals surface area contributed by atoms with E-state index in [9.17, 15) is 0 Å². The molecule has 4 rings (SSSR count). The quantitative estimate of drug-likeness (QED) is 0.652. The average molecular weight is 353 g/mol. The van der Waals surface area contributed by atoms with E-state index in [1.165, 1.54) is 5.57 Å². The predicted molar refractivity (Wildman–Crippen MR) is 101 cm³/mol. The number of aromatic nitrogens is 1. The molecule has 0 unspecified atom stereocenters. The summed E-state index contributed by atoms with van der Waals surface area (Å²) in [5.41, 5.74) is 4.04. The third-order valence-electron chi connectivity index (χ3n) is 4.20. The van der Waals surface area contributed by atoms with Crippen LogP contribution in [-0.2, 0) is 6.42 Å². The van der Waals surface area contributed by atoms with Crippen molar-refractivity contribution >= 4 is 34.4 Å². The fourth-order valence-corrected chi connectivity index (χ4v) is 3.13. The van der Waals surface area contributed by atoms with Gasteiger partial charge in [-0.25, -0.2) is 4.98 Å². The molecule has 0 amide bonds. The highest BCUT2D eigenvalue weighted by atomic mass is 35.5. The number of hydrogen-bond acceptors (Lipinski definition) is 4. The maximum Gasteiger partial charge on any atom is 0.213 e. The van der Waals surface area contributed by atoms with Gasteiger partial charge in [-0.1, -0.05) is 29.8 Å². The van der Waals surface area contributed by atoms with Crippen molar-refractivity contribution in [1.82, 2.24) is 4.98 Å². The second kappa shape index (κ2) is 7.11. The highest BCUT2D eigenvalue weighted by molar-refractivity contribution is 6.35. The Bertz CT molecular complexity index is 959. The van der Waals surface area contributed by atoms with E-state index >= 15 is 0 Å². The number of allylic oxidation sites excluding steroid dienone is 1. The van der Waals surface area contributed by atoms with Crippen LogP contribution in [0.15, 0.2) is 58.1 Å². The molecule has 1 aliphatic heterocycles. The average Bonchev–Trinajstić information content (AvgIpc) is 3.16. The number of aliphatic imine (C=N–C) groups is 1. The van der Waals surface area contributed by atoms with E-state index in [1.807, 2.05) is 42.6 Å². The van der Waals surface area contributed by atoms with Crippen molar-refractivity contribution in [1.29, 1.82) is 0 Å². The molecule has 2 aromatic heterocycles. The fraction of sp³-hybridized carbons (Fsp3) is 0.200. The summed E-state index contributed by atoms with van der Waals surface area (Å²) in [5, 5.41) is 1.64. The molecule has 4 nitrogen and oxygen atoms in total. The van der Waals surface area contributed by atoms with Crippen LogP contribution < -0.4 is 4.74 Å². The normalized spacial score (nSPS) is 13.9. The van der Waals surface area contributed by atoms with Gasteiger partial charge < -0.3 is 9.15 Å². The molecule has 0 aliphatic carbocycles. The molecule has 1 aliphatic rings. The van der Waals surface area contributed by atoms with Crippen molar-refractivity contribution in [2.75, 3.05) is 13.2 Å². The van der Waals surface area contributed by atoms with E-state index in [-0.39, 0.29) is 0 Å². The van der Waals surface area contributed by atoms with Gasteiger partial charge in [0.15, 0.2) is 0 Å². The van der Waals surface area contributed by atoms with Gasteiger partial charge in [0, 0.05) is 30.5 Å². The molecular formula is C20H17ClN2O2. The Kier molecular flexibility index (Phi) is 4.53. The Hall–Kier alpha value is -2.59. The van der Waals surface area contributed by atoms with Crippen LogP contribution in [0.1, 0.15) is 17.7 Å². The van der Waals surface area contributed by atoms with Crippen LogP contribution in [0.5, 0.6) is 5.88 Å². The summed E-state index contributed by atoms with van der Waals surface area (Å²) in [6.45, 7) is 1.24. The van der Waals surface area contributed by atoms with Gasteiger partial charge in [-0.15, -0.1) is 0 Å². The molecule has 0 radical (unpaired) electrons. The number of benzene rings is 1. The Morgan fingerprint density at radius 2 is 2.12 bits per heavy atom. The summed E-state index contributed by atoms with van der Waals surface area (Å²) in [7, 11) is 0. The lowest BCUT2D eigenvalue weighted by atomic mass is 10.1. The molecule has 3 aromatic rings. The van der Waals surface area contributed by atoms with Crippen LogP contribution in [0, 0.1) is 0 Å². The monoisotopic (exact) mass is 352 g/mol. The van der Waals surface area contributed by atoms with Crippen molar-refractivity contribution in [3.8, 4) is 5.88 Å². The number of dihydropyridines is 1. The summed E-state index contributed by atoms with van der Waals surface area (Å²) in [6.07, 6.45) is 7.24. The van der Waals surface area contributed by atoms with E-state index in [0.717, 1.165) is 41.6 Å². The lowest BCUT2D eigenvalue weighted by molar-refractivity contribution is 0.309. The zero-order valence-corrected chi connectivity index (χ0v) is 14.4. The van der Waals surface area contributed by atoms with Crippen LogP contribution in [0.3, 0.4) is 0 Å². The Labute approximate surface area is 150 Å². The fourth-order valence-electron chi connectivity index (χ4n) is 2.91. The molecule has 0 saturated heterocycles. The second-order valence-corrected chi connectivity index (χ2v) is 6.22. The molecule has 126 valence electrons. The van der Waals surface area contributed by atoms with Gasteiger partial charge in [-0.2, -0.15) is 0 Å². The summed E-state index contributed by atoms with van der Waals surface area (Å²) < 4.78 is 11.4. The van der Waals surface area contributed by atoms with Crippen LogP contribution in [-0.4, -0.2) is 24.4 Å². The van der Waals surface area contributed by atoms with E-state index < -0.39 is 0 Å². The van der Waals surface area contributed by atoms with Gasteiger partial charge in [0.1, 0.15) is 5.58 Å². The summed E-state index contributed by atoms with van der Waals surface area (Å²) in [5.74, 6) is 0.630. The second-order valence-electron chi connectivity index (χ2n) is 5.81. The Morgan fingerprint density at radius 1 is 1.16 bits per heavy atom. The number of fused-ring (bicyclic) bond motifs is 1. The minimum atomic E-state index is 0.522. The molecule has 0 spiro atoms. The minimum Gasteiger partial charge on any atom is -0.477 e. The number of hydrogen-bond donors (Lipinski definition) is 0. The summed E-state index contributed by atoms with van der Waals surface area (Å²) in [4.78, 5) is 8.80. The first-order chi connectivity index (χ1) is 12.3. The SMILES string of the molecule is Clc1ccc(CCOc2cccc(C3=CCN=CC3)n2)c2occc12. The number of ether oxygens (including phenoxy) is 1. The lowest BCUT2D eigenvalue weighted by Gasteiger charge is -2.10. The zero-order valence-electron chi connectivity index (χ0n) is 13.6. The van der Waals surface area contributed by atoms with Crippen LogP contribution >= 0.6 is 11.6 Å². The number of nitrogens with zero attached hydrogens (tertiary/aromatic N) is 2. The molecule has 0 atom stereocenters. The highest BCUT2D eigenvalue weighted by Gasteiger charge is 2.09. The molecule has 0 N–H and O–H groups in total. The third kappa shape index (κ3) is 3.44. The molecule has 1 aromatic carbocycles. The van der Waals surface area contributed by atoms with Crippen molar-refractivity contribution in [3.63, 3.8) is 0 Å². The Morgan fingerprint density at radius 3 is 3.00 bits per heavy atom. The molecule has 5 heteroatoms. The van der Waals surface area contributed by atoms with Gasteiger partial charge in [-0.3, -0.25) is 4.99 Å². The van der Waals surface area contributed by atoms with Gasteiger partial charge in [0.25, 0.3) is 0 Å². The van der Waals surface area contributed by atoms with E-state index in [2.05, 4.69) is 16.1 Å². The van der Waals surface area contributed by atoms with Crippen LogP contribution in [0.4, 0.5) is 0 Å². The summed E-state index contributed by atoms with van der Waals surface area (Å²) >= 11 is 6.18. The van der Waals surface area contributed by atoms with Gasteiger partial charge in [0.05, 0.1) is 30.1 Å². The zero-order chi connectivity index (χ0) is 17.1. The molecular weight excluding hydrogens is 336 g/mol. The van der Waals surface area contributed by atoms with Gasteiger partial charge >= 0.3 is 0 Å². The topological polar surface area (TPSA) is 47.6 Å². The first-order valence-electron chi connectivity index (χ1n) is 8.23. The highest BCUT2D eigenvalue weighted by Crippen LogP contribution is 2.28. The number of furan rings is 1. The standard InChI is InChI=1S/C20H17ClN2O2/c21-17-5-4-15(20-16(17)9-13-25-20)8-12-24-19-3-1-2-18(23-19)14-6-10-22-11-7-14/h1-6,9,11,13H,7-8,10,12H2. The molecule has 0 bridgehead atoms. The molecule has 25 heavy (non-hydrogen) atoms. The van der Waals surface area contributed by atoms with Crippen molar-refractivity contribution < 1.29 is 9.15 Å². The van der Waals surface area contributed by atoms with Crippen molar-refractivity contribution in [2.45, 2.75) is 12.8 Å². The van der Waals surface area contributed by atoms with Crippen molar-refractivity contribution in [2.24, 2.45) is 4.99 Å². The first-order valence-corrected chi connectivity index (χ1v) is 8.61. The Balaban J connectivity index is 1.44. The number of pyridine rings is 1. The maximum absolute atomic E-state index is 6.18. The predicted octanol–water partition coefficient (Wildman–Crippen LogP) is 4.96. The van der Waals surface area contributed by atoms with E-state index in [4.69, 9.17) is 20.8 Å². The first kappa shape index (κ1) is 15.9. The molecule has 3 heterocycles. The minimum absolute atomic E-state index is 0.522. The maximum atomic E-state index is 6.18. The largest absolute Gasteiger partial charge is 0.477 e. The lowest BCUT2D eigenvalue weighted by Crippen LogP contribution is -2.04. The third-order valence-corrected chi connectivity index (χ3v) is 4.53. The molecule has 0 fully saturated rings. The van der Waals surface area contributed by atoms with Gasteiger partial charge in [0.2, 0.25) is 5.88 Å². The van der Waals surface area contributed by atoms with Gasteiger partial charge in [-0.05, 0) is 29.3 Å². The van der Waals surface area contributed by atoms with Crippen LogP contribution in [0.25, 0.3) is 16.5 Å². The smallest absolute Gasteiger partial charge is 0.213 e. The number of rotatable bonds is 5. The van der Waals surface area contributed by atoms with Crippen molar-refractivity contribution in [3.05, 3.63) is 65.0 Å². The van der Waals surface area contributed by atoms with Crippen LogP contribution in [0.2, 0.25) is 5.02 Å². The van der Waals surface area contributed by atoms with E-state index in [0.29, 0.717) is 17.5 Å².